The monoisotopic (exact) mass is 614 g/mol. The molecule has 1 aromatic heterocycles. The van der Waals surface area contributed by atoms with Gasteiger partial charge in [0.1, 0.15) is 11.4 Å². The molecule has 230 valence electrons. The third-order valence-electron chi connectivity index (χ3n) is 8.88. The lowest BCUT2D eigenvalue weighted by atomic mass is 9.73. The molecular weight excluding hydrogens is 586 g/mol. The van der Waals surface area contributed by atoms with E-state index in [4.69, 9.17) is 0 Å². The number of hydrogen-bond donors (Lipinski definition) is 2. The highest BCUT2D eigenvalue weighted by Crippen LogP contribution is 2.43. The Morgan fingerprint density at radius 3 is 2.30 bits per heavy atom. The number of piperidine rings is 3. The van der Waals surface area contributed by atoms with E-state index >= 15 is 0 Å². The molecule has 2 bridgehead atoms. The first-order chi connectivity index (χ1) is 20.8. The average Bonchev–Trinajstić information content (AvgIpc) is 3.01. The normalized spacial score (nSPS) is 22.7. The highest BCUT2D eigenvalue weighted by molar-refractivity contribution is 5.83. The first kappa shape index (κ1) is 29.9. The largest absolute Gasteiger partial charge is 0.416 e. The van der Waals surface area contributed by atoms with E-state index < -0.39 is 46.9 Å². The smallest absolute Gasteiger partial charge is 0.376 e. The molecule has 3 saturated heterocycles. The van der Waals surface area contributed by atoms with Crippen LogP contribution in [0.2, 0.25) is 0 Å². The molecule has 2 N–H and O–H groups in total. The summed E-state index contributed by atoms with van der Waals surface area (Å²) >= 11 is 0. The number of halogens is 6. The van der Waals surface area contributed by atoms with Crippen molar-refractivity contribution in [1.82, 2.24) is 9.88 Å². The molecule has 3 aliphatic rings. The number of hydrogen-bond acceptors (Lipinski definition) is 6. The Balaban J connectivity index is 1.34. The fraction of sp³-hybridized carbons (Fsp3) is 0.344. The zero-order valence-corrected chi connectivity index (χ0v) is 23.3. The molecule has 5 atom stereocenters. The molecule has 0 radical (unpaired) electrons. The van der Waals surface area contributed by atoms with E-state index in [-0.39, 0.29) is 29.0 Å². The van der Waals surface area contributed by atoms with E-state index in [0.29, 0.717) is 24.0 Å². The van der Waals surface area contributed by atoms with Crippen molar-refractivity contribution in [2.75, 3.05) is 23.7 Å². The molecule has 0 aliphatic carbocycles. The van der Waals surface area contributed by atoms with Crippen molar-refractivity contribution in [2.24, 2.45) is 11.8 Å². The first-order valence-corrected chi connectivity index (χ1v) is 14.2. The summed E-state index contributed by atoms with van der Waals surface area (Å²) in [5.74, 6) is 0.709. The topological polar surface area (TPSA) is 74.3 Å². The second-order valence-electron chi connectivity index (χ2n) is 11.5. The number of rotatable bonds is 8. The van der Waals surface area contributed by atoms with Gasteiger partial charge >= 0.3 is 12.4 Å². The van der Waals surface area contributed by atoms with Gasteiger partial charge in [0.2, 0.25) is 0 Å². The molecule has 6 nitrogen and oxygen atoms in total. The Labute approximate surface area is 248 Å². The quantitative estimate of drug-likeness (QED) is 0.134. The van der Waals surface area contributed by atoms with Crippen LogP contribution in [-0.4, -0.2) is 29.0 Å². The van der Waals surface area contributed by atoms with Gasteiger partial charge in [0, 0.05) is 30.7 Å². The van der Waals surface area contributed by atoms with E-state index in [1.165, 1.54) is 0 Å². The molecule has 4 heterocycles. The number of pyridine rings is 1. The maximum absolute atomic E-state index is 13.4. The van der Waals surface area contributed by atoms with Crippen LogP contribution in [-0.2, 0) is 18.9 Å². The van der Waals surface area contributed by atoms with Crippen LogP contribution < -0.4 is 21.5 Å². The van der Waals surface area contributed by atoms with Gasteiger partial charge in [-0.15, -0.1) is 6.58 Å². The van der Waals surface area contributed by atoms with Gasteiger partial charge in [-0.1, -0.05) is 24.3 Å². The second kappa shape index (κ2) is 11.1. The maximum atomic E-state index is 13.4. The number of fused-ring (bicyclic) bond motifs is 4. The highest BCUT2D eigenvalue weighted by atomic mass is 19.4. The Hall–Kier alpha value is -4.19. The SMILES string of the molecule is C=CC1CN2CCC1CC2C(Nc1c(NCc2cc(C(F)(F)F)cc(C(F)(F)F)c2)c(=O)c1=O)c1ccnc2ccccc12. The van der Waals surface area contributed by atoms with Crippen molar-refractivity contribution in [3.8, 4) is 0 Å². The van der Waals surface area contributed by atoms with Crippen molar-refractivity contribution in [3.05, 3.63) is 110 Å². The minimum atomic E-state index is -5.01. The van der Waals surface area contributed by atoms with Gasteiger partial charge in [-0.3, -0.25) is 19.5 Å². The molecule has 5 unspecified atom stereocenters. The van der Waals surface area contributed by atoms with Gasteiger partial charge in [0.05, 0.1) is 22.7 Å². The van der Waals surface area contributed by atoms with E-state index in [2.05, 4.69) is 27.1 Å². The minimum absolute atomic E-state index is 0.0432. The van der Waals surface area contributed by atoms with Crippen molar-refractivity contribution >= 4 is 22.3 Å². The van der Waals surface area contributed by atoms with E-state index in [9.17, 15) is 35.9 Å². The lowest BCUT2D eigenvalue weighted by Gasteiger charge is -2.52. The fourth-order valence-electron chi connectivity index (χ4n) is 6.66. The van der Waals surface area contributed by atoms with E-state index in [1.54, 1.807) is 6.20 Å². The molecule has 44 heavy (non-hydrogen) atoms. The first-order valence-electron chi connectivity index (χ1n) is 14.2. The van der Waals surface area contributed by atoms with Gasteiger partial charge in [-0.25, -0.2) is 0 Å². The van der Waals surface area contributed by atoms with E-state index in [0.717, 1.165) is 42.4 Å². The number of alkyl halides is 6. The van der Waals surface area contributed by atoms with Crippen LogP contribution in [0.5, 0.6) is 0 Å². The second-order valence-corrected chi connectivity index (χ2v) is 11.5. The average molecular weight is 615 g/mol. The van der Waals surface area contributed by atoms with Crippen LogP contribution in [0.4, 0.5) is 37.7 Å². The molecule has 3 fully saturated rings. The summed E-state index contributed by atoms with van der Waals surface area (Å²) < 4.78 is 80.2. The van der Waals surface area contributed by atoms with Crippen molar-refractivity contribution in [3.63, 3.8) is 0 Å². The zero-order valence-electron chi connectivity index (χ0n) is 23.3. The summed E-state index contributed by atoms with van der Waals surface area (Å²) in [6.45, 7) is 5.08. The summed E-state index contributed by atoms with van der Waals surface area (Å²) in [7, 11) is 0. The Kier molecular flexibility index (Phi) is 7.51. The molecular formula is C32H28F6N4O2. The van der Waals surface area contributed by atoms with Crippen molar-refractivity contribution in [2.45, 2.75) is 43.8 Å². The lowest BCUT2D eigenvalue weighted by molar-refractivity contribution is -0.143. The molecule has 12 heteroatoms. The molecule has 4 aromatic rings. The lowest BCUT2D eigenvalue weighted by Crippen LogP contribution is -2.56. The van der Waals surface area contributed by atoms with Gasteiger partial charge in [-0.2, -0.15) is 26.3 Å². The van der Waals surface area contributed by atoms with Crippen LogP contribution >= 0.6 is 0 Å². The molecule has 0 spiro atoms. The fourth-order valence-corrected chi connectivity index (χ4v) is 6.66. The number of nitrogens with zero attached hydrogens (tertiary/aromatic N) is 2. The van der Waals surface area contributed by atoms with Crippen LogP contribution in [0.25, 0.3) is 10.9 Å². The summed E-state index contributed by atoms with van der Waals surface area (Å²) in [6.07, 6.45) is -4.58. The number of nitrogens with one attached hydrogen (secondary N) is 2. The summed E-state index contributed by atoms with van der Waals surface area (Å²) in [6, 6.07) is 10.1. The molecule has 0 amide bonds. The van der Waals surface area contributed by atoms with Crippen LogP contribution in [0, 0.1) is 11.8 Å². The number of benzene rings is 2. The number of anilines is 2. The van der Waals surface area contributed by atoms with Gasteiger partial charge < -0.3 is 10.6 Å². The predicted molar refractivity (Wildman–Crippen MR) is 155 cm³/mol. The number of para-hydroxylation sites is 1. The highest BCUT2D eigenvalue weighted by Gasteiger charge is 2.44. The van der Waals surface area contributed by atoms with Gasteiger partial charge in [-0.05, 0) is 72.7 Å². The van der Waals surface area contributed by atoms with Crippen molar-refractivity contribution in [1.29, 1.82) is 0 Å². The minimum Gasteiger partial charge on any atom is -0.376 e. The predicted octanol–water partition coefficient (Wildman–Crippen LogP) is 6.53. The molecule has 3 aromatic carbocycles. The van der Waals surface area contributed by atoms with Crippen LogP contribution in [0.3, 0.4) is 0 Å². The van der Waals surface area contributed by atoms with Crippen molar-refractivity contribution < 1.29 is 26.3 Å². The third-order valence-corrected chi connectivity index (χ3v) is 8.88. The molecule has 7 rings (SSSR count). The van der Waals surface area contributed by atoms with Gasteiger partial charge in [0.25, 0.3) is 10.9 Å². The summed E-state index contributed by atoms with van der Waals surface area (Å²) in [5.41, 5.74) is -3.60. The standard InChI is InChI=1S/C32H28F6N4O2/c1-2-18-16-42-10-8-19(18)13-25(42)26(23-7-9-39-24-6-4-3-5-22(23)24)41-28-27(29(43)30(28)44)40-15-17-11-20(31(33,34)35)14-21(12-17)32(36,37)38/h2-7,9,11-12,14,18-19,25-26,40-41H,1,8,10,13,15-16H2. The van der Waals surface area contributed by atoms with Crippen LogP contribution in [0.1, 0.15) is 41.1 Å². The number of aromatic nitrogens is 1. The Bertz CT molecular complexity index is 1760. The Morgan fingerprint density at radius 1 is 0.977 bits per heavy atom. The van der Waals surface area contributed by atoms with Crippen LogP contribution in [0.15, 0.2) is 77.0 Å². The summed E-state index contributed by atoms with van der Waals surface area (Å²) in [4.78, 5) is 32.3. The Morgan fingerprint density at radius 2 is 1.66 bits per heavy atom. The third kappa shape index (κ3) is 5.47. The van der Waals surface area contributed by atoms with E-state index in [1.807, 2.05) is 36.4 Å². The molecule has 0 saturated carbocycles. The summed E-state index contributed by atoms with van der Waals surface area (Å²) in [5, 5.41) is 6.78. The maximum Gasteiger partial charge on any atom is 0.416 e. The molecule has 3 aliphatic heterocycles. The zero-order chi connectivity index (χ0) is 31.4. The van der Waals surface area contributed by atoms with Gasteiger partial charge in [0.15, 0.2) is 0 Å².